The summed E-state index contributed by atoms with van der Waals surface area (Å²) in [5, 5.41) is 4.70. The lowest BCUT2D eigenvalue weighted by Gasteiger charge is -1.96. The molecule has 0 aliphatic carbocycles. The summed E-state index contributed by atoms with van der Waals surface area (Å²) in [7, 11) is 0. The standard InChI is InChI=1S/C11H9ClN4/c12-10-4-2-9(3-5-10)8-15-16-11-13-6-1-7-14-11/h1-8H,(H,13,14,16). The van der Waals surface area contributed by atoms with Gasteiger partial charge in [-0.05, 0) is 23.8 Å². The van der Waals surface area contributed by atoms with Crippen LogP contribution in [0.1, 0.15) is 5.56 Å². The second kappa shape index (κ2) is 5.23. The summed E-state index contributed by atoms with van der Waals surface area (Å²) in [4.78, 5) is 7.93. The Morgan fingerprint density at radius 2 is 1.81 bits per heavy atom. The van der Waals surface area contributed by atoms with Crippen molar-refractivity contribution in [2.45, 2.75) is 0 Å². The van der Waals surface area contributed by atoms with Gasteiger partial charge in [-0.15, -0.1) is 0 Å². The van der Waals surface area contributed by atoms with Crippen LogP contribution in [0.4, 0.5) is 5.95 Å². The number of halogens is 1. The molecule has 2 aromatic rings. The first-order chi connectivity index (χ1) is 7.84. The monoisotopic (exact) mass is 232 g/mol. The van der Waals surface area contributed by atoms with Crippen LogP contribution in [-0.4, -0.2) is 16.2 Å². The van der Waals surface area contributed by atoms with Gasteiger partial charge < -0.3 is 0 Å². The Morgan fingerprint density at radius 3 is 2.50 bits per heavy atom. The summed E-state index contributed by atoms with van der Waals surface area (Å²) in [5.41, 5.74) is 3.67. The summed E-state index contributed by atoms with van der Waals surface area (Å²) in [6.07, 6.45) is 4.97. The molecule has 1 aromatic carbocycles. The maximum absolute atomic E-state index is 5.76. The molecule has 0 amide bonds. The van der Waals surface area contributed by atoms with Crippen molar-refractivity contribution < 1.29 is 0 Å². The molecule has 2 rings (SSSR count). The summed E-state index contributed by atoms with van der Waals surface area (Å²) in [6.45, 7) is 0. The molecule has 80 valence electrons. The zero-order valence-electron chi connectivity index (χ0n) is 8.34. The van der Waals surface area contributed by atoms with Gasteiger partial charge in [-0.1, -0.05) is 23.7 Å². The number of benzene rings is 1. The van der Waals surface area contributed by atoms with Crippen molar-refractivity contribution in [1.29, 1.82) is 0 Å². The minimum absolute atomic E-state index is 0.465. The number of nitrogens with zero attached hydrogens (tertiary/aromatic N) is 3. The smallest absolute Gasteiger partial charge is 0.243 e. The molecule has 1 aromatic heterocycles. The van der Waals surface area contributed by atoms with Crippen LogP contribution >= 0.6 is 11.6 Å². The number of hydrogen-bond donors (Lipinski definition) is 1. The fourth-order valence-electron chi connectivity index (χ4n) is 1.07. The van der Waals surface area contributed by atoms with Gasteiger partial charge in [-0.25, -0.2) is 15.4 Å². The zero-order chi connectivity index (χ0) is 11.2. The molecule has 16 heavy (non-hydrogen) atoms. The molecule has 0 saturated carbocycles. The third-order valence-electron chi connectivity index (χ3n) is 1.81. The van der Waals surface area contributed by atoms with Crippen LogP contribution < -0.4 is 5.43 Å². The molecule has 0 radical (unpaired) electrons. The number of hydrogen-bond acceptors (Lipinski definition) is 4. The molecule has 0 aliphatic heterocycles. The average molecular weight is 233 g/mol. The van der Waals surface area contributed by atoms with E-state index < -0.39 is 0 Å². The van der Waals surface area contributed by atoms with E-state index in [-0.39, 0.29) is 0 Å². The highest BCUT2D eigenvalue weighted by Gasteiger charge is 1.90. The Kier molecular flexibility index (Phi) is 3.46. The Labute approximate surface area is 98.0 Å². The van der Waals surface area contributed by atoms with E-state index in [1.54, 1.807) is 24.7 Å². The first-order valence-corrected chi connectivity index (χ1v) is 5.04. The Hall–Kier alpha value is -1.94. The van der Waals surface area contributed by atoms with Crippen LogP contribution in [0.25, 0.3) is 0 Å². The molecule has 0 bridgehead atoms. The highest BCUT2D eigenvalue weighted by atomic mass is 35.5. The van der Waals surface area contributed by atoms with Gasteiger partial charge in [0.25, 0.3) is 0 Å². The fourth-order valence-corrected chi connectivity index (χ4v) is 1.20. The van der Waals surface area contributed by atoms with Crippen molar-refractivity contribution in [3.05, 3.63) is 53.3 Å². The number of anilines is 1. The van der Waals surface area contributed by atoms with E-state index >= 15 is 0 Å². The molecule has 0 aliphatic rings. The van der Waals surface area contributed by atoms with E-state index in [1.807, 2.05) is 24.3 Å². The molecular weight excluding hydrogens is 224 g/mol. The molecular formula is C11H9ClN4. The van der Waals surface area contributed by atoms with Crippen molar-refractivity contribution in [2.24, 2.45) is 5.10 Å². The van der Waals surface area contributed by atoms with E-state index in [0.29, 0.717) is 11.0 Å². The van der Waals surface area contributed by atoms with Crippen LogP contribution in [0.3, 0.4) is 0 Å². The van der Waals surface area contributed by atoms with Gasteiger partial charge in [0.2, 0.25) is 5.95 Å². The number of rotatable bonds is 3. The van der Waals surface area contributed by atoms with Crippen LogP contribution in [0, 0.1) is 0 Å². The molecule has 0 spiro atoms. The van der Waals surface area contributed by atoms with Gasteiger partial charge in [0, 0.05) is 17.4 Å². The molecule has 1 heterocycles. The average Bonchev–Trinajstić information content (AvgIpc) is 2.33. The van der Waals surface area contributed by atoms with Crippen LogP contribution in [0.15, 0.2) is 47.8 Å². The van der Waals surface area contributed by atoms with Crippen molar-refractivity contribution in [2.75, 3.05) is 5.43 Å². The molecule has 4 nitrogen and oxygen atoms in total. The first kappa shape index (κ1) is 10.6. The third-order valence-corrected chi connectivity index (χ3v) is 2.07. The van der Waals surface area contributed by atoms with E-state index in [0.717, 1.165) is 5.56 Å². The fraction of sp³-hybridized carbons (Fsp3) is 0. The summed E-state index contributed by atoms with van der Waals surface area (Å²) >= 11 is 5.76. The zero-order valence-corrected chi connectivity index (χ0v) is 9.09. The van der Waals surface area contributed by atoms with Crippen molar-refractivity contribution in [3.8, 4) is 0 Å². The molecule has 0 fully saturated rings. The van der Waals surface area contributed by atoms with Crippen LogP contribution in [0.5, 0.6) is 0 Å². The largest absolute Gasteiger partial charge is 0.245 e. The summed E-state index contributed by atoms with van der Waals surface area (Å²) < 4.78 is 0. The Balaban J connectivity index is 1.98. The van der Waals surface area contributed by atoms with Crippen molar-refractivity contribution >= 4 is 23.8 Å². The number of hydrazone groups is 1. The molecule has 5 heteroatoms. The predicted molar refractivity (Wildman–Crippen MR) is 64.7 cm³/mol. The van der Waals surface area contributed by atoms with E-state index in [1.165, 1.54) is 0 Å². The van der Waals surface area contributed by atoms with Crippen molar-refractivity contribution in [3.63, 3.8) is 0 Å². The highest BCUT2D eigenvalue weighted by Crippen LogP contribution is 2.07. The van der Waals surface area contributed by atoms with E-state index in [2.05, 4.69) is 20.5 Å². The van der Waals surface area contributed by atoms with Crippen LogP contribution in [-0.2, 0) is 0 Å². The quantitative estimate of drug-likeness (QED) is 0.654. The minimum atomic E-state index is 0.465. The molecule has 0 saturated heterocycles. The topological polar surface area (TPSA) is 50.2 Å². The van der Waals surface area contributed by atoms with E-state index in [4.69, 9.17) is 11.6 Å². The second-order valence-electron chi connectivity index (χ2n) is 2.99. The normalized spacial score (nSPS) is 10.6. The van der Waals surface area contributed by atoms with Gasteiger partial charge in [-0.3, -0.25) is 0 Å². The molecule has 1 N–H and O–H groups in total. The van der Waals surface area contributed by atoms with Gasteiger partial charge in [-0.2, -0.15) is 5.10 Å². The Bertz CT molecular complexity index is 467. The lowest BCUT2D eigenvalue weighted by molar-refractivity contribution is 1.12. The lowest BCUT2D eigenvalue weighted by Crippen LogP contribution is -1.95. The van der Waals surface area contributed by atoms with Crippen molar-refractivity contribution in [1.82, 2.24) is 9.97 Å². The van der Waals surface area contributed by atoms with Crippen LogP contribution in [0.2, 0.25) is 5.02 Å². The lowest BCUT2D eigenvalue weighted by atomic mass is 10.2. The second-order valence-corrected chi connectivity index (χ2v) is 3.43. The minimum Gasteiger partial charge on any atom is -0.245 e. The van der Waals surface area contributed by atoms with E-state index in [9.17, 15) is 0 Å². The Morgan fingerprint density at radius 1 is 1.12 bits per heavy atom. The number of aromatic nitrogens is 2. The molecule has 0 atom stereocenters. The third kappa shape index (κ3) is 3.03. The maximum atomic E-state index is 5.76. The SMILES string of the molecule is Clc1ccc(C=NNc2ncccn2)cc1. The van der Waals surface area contributed by atoms with Gasteiger partial charge in [0.15, 0.2) is 0 Å². The maximum Gasteiger partial charge on any atom is 0.243 e. The predicted octanol–water partition coefficient (Wildman–Crippen LogP) is 2.58. The van der Waals surface area contributed by atoms with Gasteiger partial charge in [0.05, 0.1) is 6.21 Å². The van der Waals surface area contributed by atoms with Gasteiger partial charge >= 0.3 is 0 Å². The first-order valence-electron chi connectivity index (χ1n) is 4.66. The summed E-state index contributed by atoms with van der Waals surface area (Å²) in [5.74, 6) is 0.465. The number of nitrogens with one attached hydrogen (secondary N) is 1. The molecule has 0 unspecified atom stereocenters. The highest BCUT2D eigenvalue weighted by molar-refractivity contribution is 6.30. The summed E-state index contributed by atoms with van der Waals surface area (Å²) in [6, 6.07) is 9.11. The van der Waals surface area contributed by atoms with Gasteiger partial charge in [0.1, 0.15) is 0 Å².